The maximum Gasteiger partial charge on any atom is 0.266 e. The summed E-state index contributed by atoms with van der Waals surface area (Å²) in [4.78, 5) is 12.6. The fraction of sp³-hybridized carbons (Fsp3) is 0.185. The molecule has 32 heavy (non-hydrogen) atoms. The van der Waals surface area contributed by atoms with Crippen molar-refractivity contribution in [3.05, 3.63) is 99.0 Å². The molecule has 1 amide bonds. The summed E-state index contributed by atoms with van der Waals surface area (Å²) in [7, 11) is 0. The molecular weight excluding hydrogens is 464 g/mol. The quantitative estimate of drug-likeness (QED) is 0.289. The maximum atomic E-state index is 12.6. The van der Waals surface area contributed by atoms with E-state index in [1.807, 2.05) is 73.7 Å². The van der Waals surface area contributed by atoms with Gasteiger partial charge in [0.1, 0.15) is 17.4 Å². The first-order valence-electron chi connectivity index (χ1n) is 10.5. The van der Waals surface area contributed by atoms with Gasteiger partial charge in [0.05, 0.1) is 6.61 Å². The molecule has 0 atom stereocenters. The van der Waals surface area contributed by atoms with E-state index in [0.717, 1.165) is 33.3 Å². The average molecular weight is 489 g/mol. The number of amides is 1. The number of nitrogens with one attached hydrogen (secondary N) is 1. The highest BCUT2D eigenvalue weighted by Crippen LogP contribution is 2.27. The number of halogens is 1. The minimum atomic E-state index is -0.438. The zero-order valence-electron chi connectivity index (χ0n) is 18.2. The van der Waals surface area contributed by atoms with Gasteiger partial charge >= 0.3 is 0 Å². The molecule has 3 aromatic carbocycles. The molecule has 0 saturated carbocycles. The van der Waals surface area contributed by atoms with Crippen LogP contribution in [0.25, 0.3) is 6.08 Å². The Bertz CT molecular complexity index is 1160. The van der Waals surface area contributed by atoms with Gasteiger partial charge < -0.3 is 10.1 Å². The lowest BCUT2D eigenvalue weighted by Crippen LogP contribution is -2.13. The van der Waals surface area contributed by atoms with Gasteiger partial charge in [-0.3, -0.25) is 4.79 Å². The van der Waals surface area contributed by atoms with Crippen LogP contribution in [-0.2, 0) is 17.6 Å². The Balaban J connectivity index is 1.83. The summed E-state index contributed by atoms with van der Waals surface area (Å²) >= 11 is 3.59. The topological polar surface area (TPSA) is 62.1 Å². The molecule has 0 aliphatic heterocycles. The summed E-state index contributed by atoms with van der Waals surface area (Å²) in [5, 5.41) is 12.3. The second kappa shape index (κ2) is 11.3. The van der Waals surface area contributed by atoms with Gasteiger partial charge in [0.2, 0.25) is 0 Å². The van der Waals surface area contributed by atoms with Crippen molar-refractivity contribution in [3.8, 4) is 11.8 Å². The number of carbonyl (C=O) groups excluding carboxylic acids is 1. The summed E-state index contributed by atoms with van der Waals surface area (Å²) in [5.74, 6) is 0.303. The Labute approximate surface area is 197 Å². The first-order valence-corrected chi connectivity index (χ1v) is 11.3. The molecule has 162 valence electrons. The molecule has 4 nitrogen and oxygen atoms in total. The van der Waals surface area contributed by atoms with Gasteiger partial charge in [-0.1, -0.05) is 65.3 Å². The molecule has 0 unspecified atom stereocenters. The lowest BCUT2D eigenvalue weighted by Gasteiger charge is -2.12. The summed E-state index contributed by atoms with van der Waals surface area (Å²) in [5.41, 5.74) is 4.80. The number of hydrogen-bond donors (Lipinski definition) is 1. The Morgan fingerprint density at radius 1 is 1.06 bits per heavy atom. The Morgan fingerprint density at radius 2 is 1.81 bits per heavy atom. The average Bonchev–Trinajstić information content (AvgIpc) is 2.81. The van der Waals surface area contributed by atoms with E-state index in [2.05, 4.69) is 34.2 Å². The zero-order chi connectivity index (χ0) is 22.9. The van der Waals surface area contributed by atoms with Crippen LogP contribution < -0.4 is 10.1 Å². The second-order valence-corrected chi connectivity index (χ2v) is 8.10. The first-order chi connectivity index (χ1) is 15.5. The molecule has 0 fully saturated rings. The molecule has 0 aliphatic carbocycles. The second-order valence-electron chi connectivity index (χ2n) is 7.24. The monoisotopic (exact) mass is 488 g/mol. The van der Waals surface area contributed by atoms with Crippen molar-refractivity contribution in [1.82, 2.24) is 0 Å². The van der Waals surface area contributed by atoms with Crippen LogP contribution in [0.2, 0.25) is 0 Å². The zero-order valence-corrected chi connectivity index (χ0v) is 19.8. The highest BCUT2D eigenvalue weighted by molar-refractivity contribution is 9.10. The third-order valence-corrected chi connectivity index (χ3v) is 5.80. The fourth-order valence-corrected chi connectivity index (χ4v) is 3.71. The van der Waals surface area contributed by atoms with Gasteiger partial charge in [-0.05, 0) is 65.9 Å². The number of ether oxygens (including phenoxy) is 1. The molecule has 1 N–H and O–H groups in total. The van der Waals surface area contributed by atoms with E-state index < -0.39 is 5.91 Å². The Morgan fingerprint density at radius 3 is 2.47 bits per heavy atom. The molecule has 0 heterocycles. The largest absolute Gasteiger partial charge is 0.494 e. The third-order valence-electron chi connectivity index (χ3n) is 5.03. The highest BCUT2D eigenvalue weighted by Gasteiger charge is 2.12. The van der Waals surface area contributed by atoms with Gasteiger partial charge in [-0.25, -0.2) is 0 Å². The third kappa shape index (κ3) is 6.09. The number of hydrogen-bond acceptors (Lipinski definition) is 3. The number of nitriles is 1. The van der Waals surface area contributed by atoms with E-state index in [4.69, 9.17) is 4.74 Å². The Kier molecular flexibility index (Phi) is 8.24. The summed E-state index contributed by atoms with van der Waals surface area (Å²) in [6.45, 7) is 4.53. The maximum absolute atomic E-state index is 12.6. The van der Waals surface area contributed by atoms with Crippen LogP contribution in [0.1, 0.15) is 36.1 Å². The highest BCUT2D eigenvalue weighted by atomic mass is 79.9. The van der Waals surface area contributed by atoms with Crippen molar-refractivity contribution < 1.29 is 9.53 Å². The van der Waals surface area contributed by atoms with Crippen LogP contribution >= 0.6 is 15.9 Å². The standard InChI is InChI=1S/C27H25BrN2O2/c1-3-19-10-13-24(14-11-19)30-27(31)23(18-29)15-20-9-12-22(26(16-20)32-4-2)17-21-7-5-6-8-25(21)28/h5-16H,3-4,17H2,1-2H3,(H,30,31)/b23-15+. The molecule has 0 spiro atoms. The molecule has 0 bridgehead atoms. The van der Waals surface area contributed by atoms with Crippen LogP contribution in [0.15, 0.2) is 76.8 Å². The summed E-state index contributed by atoms with van der Waals surface area (Å²) in [6.07, 6.45) is 3.22. The number of benzene rings is 3. The molecule has 0 radical (unpaired) electrons. The smallest absolute Gasteiger partial charge is 0.266 e. The van der Waals surface area contributed by atoms with Crippen LogP contribution in [0.5, 0.6) is 5.75 Å². The number of aryl methyl sites for hydroxylation is 1. The lowest BCUT2D eigenvalue weighted by molar-refractivity contribution is -0.112. The van der Waals surface area contributed by atoms with Crippen molar-refractivity contribution in [1.29, 1.82) is 5.26 Å². The predicted octanol–water partition coefficient (Wildman–Crippen LogP) is 6.55. The first kappa shape index (κ1) is 23.3. The predicted molar refractivity (Wildman–Crippen MR) is 133 cm³/mol. The minimum Gasteiger partial charge on any atom is -0.494 e. The number of rotatable bonds is 8. The molecule has 3 aromatic rings. The fourth-order valence-electron chi connectivity index (χ4n) is 3.28. The van der Waals surface area contributed by atoms with E-state index >= 15 is 0 Å². The number of carbonyl (C=O) groups is 1. The molecule has 0 aromatic heterocycles. The van der Waals surface area contributed by atoms with Gasteiger partial charge in [-0.15, -0.1) is 0 Å². The van der Waals surface area contributed by atoms with Crippen LogP contribution in [-0.4, -0.2) is 12.5 Å². The van der Waals surface area contributed by atoms with Gasteiger partial charge in [0.15, 0.2) is 0 Å². The molecular formula is C27H25BrN2O2. The van der Waals surface area contributed by atoms with Crippen molar-refractivity contribution >= 4 is 33.6 Å². The van der Waals surface area contributed by atoms with Crippen LogP contribution in [0.4, 0.5) is 5.69 Å². The van der Waals surface area contributed by atoms with Gasteiger partial charge in [0, 0.05) is 16.6 Å². The van der Waals surface area contributed by atoms with Crippen LogP contribution in [0, 0.1) is 11.3 Å². The van der Waals surface area contributed by atoms with E-state index in [1.54, 1.807) is 6.08 Å². The minimum absolute atomic E-state index is 0.0329. The number of anilines is 1. The SMILES string of the molecule is CCOc1cc(/C=C(\C#N)C(=O)Nc2ccc(CC)cc2)ccc1Cc1ccccc1Br. The Hall–Kier alpha value is -3.36. The van der Waals surface area contributed by atoms with Crippen molar-refractivity contribution in [2.24, 2.45) is 0 Å². The van der Waals surface area contributed by atoms with E-state index in [-0.39, 0.29) is 5.57 Å². The molecule has 3 rings (SSSR count). The molecule has 0 aliphatic rings. The van der Waals surface area contributed by atoms with E-state index in [9.17, 15) is 10.1 Å². The van der Waals surface area contributed by atoms with Crippen molar-refractivity contribution in [2.75, 3.05) is 11.9 Å². The van der Waals surface area contributed by atoms with Gasteiger partial charge in [0.25, 0.3) is 5.91 Å². The van der Waals surface area contributed by atoms with E-state index in [1.165, 1.54) is 5.56 Å². The van der Waals surface area contributed by atoms with Crippen LogP contribution in [0.3, 0.4) is 0 Å². The van der Waals surface area contributed by atoms with Crippen molar-refractivity contribution in [2.45, 2.75) is 26.7 Å². The van der Waals surface area contributed by atoms with Crippen molar-refractivity contribution in [3.63, 3.8) is 0 Å². The summed E-state index contributed by atoms with van der Waals surface area (Å²) in [6, 6.07) is 23.4. The molecule has 0 saturated heterocycles. The number of nitrogens with zero attached hydrogens (tertiary/aromatic N) is 1. The normalized spacial score (nSPS) is 11.0. The molecule has 5 heteroatoms. The van der Waals surface area contributed by atoms with E-state index in [0.29, 0.717) is 18.7 Å². The van der Waals surface area contributed by atoms with Gasteiger partial charge in [-0.2, -0.15) is 5.26 Å². The lowest BCUT2D eigenvalue weighted by atomic mass is 10.0. The summed E-state index contributed by atoms with van der Waals surface area (Å²) < 4.78 is 6.90.